The lowest BCUT2D eigenvalue weighted by Crippen LogP contribution is -2.10. The SMILES string of the molecule is CCCCCCCCCCCCC[C@@H](CCCCCCC)CCOS(C)(=O)=O. The van der Waals surface area contributed by atoms with Crippen molar-refractivity contribution in [2.75, 3.05) is 12.9 Å². The van der Waals surface area contributed by atoms with E-state index in [0.29, 0.717) is 12.5 Å². The van der Waals surface area contributed by atoms with Gasteiger partial charge in [-0.25, -0.2) is 0 Å². The zero-order chi connectivity index (χ0) is 20.9. The molecule has 0 saturated carbocycles. The first-order valence-electron chi connectivity index (χ1n) is 12.3. The Labute approximate surface area is 177 Å². The molecule has 0 N–H and O–H groups in total. The maximum absolute atomic E-state index is 11.2. The van der Waals surface area contributed by atoms with Gasteiger partial charge < -0.3 is 0 Å². The lowest BCUT2D eigenvalue weighted by molar-refractivity contribution is 0.265. The molecule has 0 aliphatic heterocycles. The lowest BCUT2D eigenvalue weighted by Gasteiger charge is -2.16. The molecule has 3 nitrogen and oxygen atoms in total. The smallest absolute Gasteiger partial charge is 0.264 e. The summed E-state index contributed by atoms with van der Waals surface area (Å²) in [6, 6.07) is 0. The Morgan fingerprint density at radius 1 is 0.571 bits per heavy atom. The minimum absolute atomic E-state index is 0.358. The highest BCUT2D eigenvalue weighted by Crippen LogP contribution is 2.22. The molecule has 28 heavy (non-hydrogen) atoms. The average Bonchev–Trinajstić information content (AvgIpc) is 2.64. The standard InChI is InChI=1S/C24H50O3S/c1-4-6-8-10-11-12-13-14-15-17-19-21-24(20-18-16-9-7-5-2)22-23-27-28(3,25)26/h24H,4-23H2,1-3H3/t24-/m1/s1. The van der Waals surface area contributed by atoms with Crippen molar-refractivity contribution in [3.63, 3.8) is 0 Å². The maximum Gasteiger partial charge on any atom is 0.264 e. The highest BCUT2D eigenvalue weighted by Gasteiger charge is 2.11. The molecule has 0 aromatic rings. The number of rotatable bonds is 22. The quantitative estimate of drug-likeness (QED) is 0.132. The average molecular weight is 419 g/mol. The molecule has 0 amide bonds. The number of hydrogen-bond acceptors (Lipinski definition) is 3. The van der Waals surface area contributed by atoms with E-state index in [2.05, 4.69) is 13.8 Å². The summed E-state index contributed by atoms with van der Waals surface area (Å²) in [5.74, 6) is 0.627. The predicted molar refractivity (Wildman–Crippen MR) is 123 cm³/mol. The fourth-order valence-electron chi connectivity index (χ4n) is 3.93. The summed E-state index contributed by atoms with van der Waals surface area (Å²) in [5, 5.41) is 0. The van der Waals surface area contributed by atoms with Crippen LogP contribution in [0.15, 0.2) is 0 Å². The molecular weight excluding hydrogens is 368 g/mol. The van der Waals surface area contributed by atoms with Crippen molar-refractivity contribution in [3.05, 3.63) is 0 Å². The molecule has 0 aliphatic carbocycles. The summed E-state index contributed by atoms with van der Waals surface area (Å²) < 4.78 is 27.3. The Bertz CT molecular complexity index is 406. The Morgan fingerprint density at radius 2 is 0.929 bits per heavy atom. The van der Waals surface area contributed by atoms with E-state index in [9.17, 15) is 8.42 Å². The molecule has 0 aliphatic rings. The fourth-order valence-corrected chi connectivity index (χ4v) is 4.33. The third-order valence-electron chi connectivity index (χ3n) is 5.76. The third-order valence-corrected chi connectivity index (χ3v) is 6.35. The van der Waals surface area contributed by atoms with E-state index < -0.39 is 10.1 Å². The van der Waals surface area contributed by atoms with Gasteiger partial charge in [0, 0.05) is 0 Å². The molecule has 0 heterocycles. The predicted octanol–water partition coefficient (Wildman–Crippen LogP) is 8.03. The van der Waals surface area contributed by atoms with E-state index in [0.717, 1.165) is 12.7 Å². The molecular formula is C24H50O3S. The molecule has 1 atom stereocenters. The first kappa shape index (κ1) is 27.9. The van der Waals surface area contributed by atoms with Gasteiger partial charge in [0.15, 0.2) is 0 Å². The van der Waals surface area contributed by atoms with Gasteiger partial charge in [0.2, 0.25) is 0 Å². The third kappa shape index (κ3) is 22.2. The Morgan fingerprint density at radius 3 is 1.29 bits per heavy atom. The van der Waals surface area contributed by atoms with Gasteiger partial charge in [0.1, 0.15) is 0 Å². The van der Waals surface area contributed by atoms with Crippen LogP contribution in [-0.2, 0) is 14.3 Å². The van der Waals surface area contributed by atoms with E-state index in [1.807, 2.05) is 0 Å². The minimum Gasteiger partial charge on any atom is -0.270 e. The van der Waals surface area contributed by atoms with Crippen molar-refractivity contribution >= 4 is 10.1 Å². The van der Waals surface area contributed by atoms with Gasteiger partial charge in [-0.1, -0.05) is 129 Å². The molecule has 0 bridgehead atoms. The molecule has 4 heteroatoms. The van der Waals surface area contributed by atoms with Crippen LogP contribution in [0.2, 0.25) is 0 Å². The molecule has 0 fully saturated rings. The van der Waals surface area contributed by atoms with Gasteiger partial charge in [-0.15, -0.1) is 0 Å². The Hall–Kier alpha value is -0.0900. The molecule has 0 aromatic carbocycles. The van der Waals surface area contributed by atoms with Gasteiger partial charge in [0.25, 0.3) is 10.1 Å². The number of unbranched alkanes of at least 4 members (excludes halogenated alkanes) is 14. The summed E-state index contributed by atoms with van der Waals surface area (Å²) in [6.45, 7) is 4.88. The lowest BCUT2D eigenvalue weighted by atomic mass is 9.92. The van der Waals surface area contributed by atoms with Crippen molar-refractivity contribution in [1.82, 2.24) is 0 Å². The molecule has 0 rings (SSSR count). The minimum atomic E-state index is -3.30. The van der Waals surface area contributed by atoms with Crippen molar-refractivity contribution in [2.45, 2.75) is 136 Å². The van der Waals surface area contributed by atoms with Crippen molar-refractivity contribution in [2.24, 2.45) is 5.92 Å². The molecule has 0 radical (unpaired) electrons. The monoisotopic (exact) mass is 418 g/mol. The largest absolute Gasteiger partial charge is 0.270 e. The van der Waals surface area contributed by atoms with Crippen LogP contribution in [0.25, 0.3) is 0 Å². The van der Waals surface area contributed by atoms with E-state index in [-0.39, 0.29) is 0 Å². The summed E-state index contributed by atoms with van der Waals surface area (Å²) in [7, 11) is -3.30. The molecule has 170 valence electrons. The number of hydrogen-bond donors (Lipinski definition) is 0. The van der Waals surface area contributed by atoms with Crippen molar-refractivity contribution in [3.8, 4) is 0 Å². The van der Waals surface area contributed by atoms with E-state index in [4.69, 9.17) is 4.18 Å². The maximum atomic E-state index is 11.2. The van der Waals surface area contributed by atoms with Gasteiger partial charge in [-0.2, -0.15) is 8.42 Å². The zero-order valence-electron chi connectivity index (χ0n) is 19.4. The van der Waals surface area contributed by atoms with Gasteiger partial charge in [-0.05, 0) is 12.3 Å². The van der Waals surface area contributed by atoms with Gasteiger partial charge >= 0.3 is 0 Å². The summed E-state index contributed by atoms with van der Waals surface area (Å²) in [6.07, 6.45) is 26.2. The zero-order valence-corrected chi connectivity index (χ0v) is 20.2. The molecule has 0 unspecified atom stereocenters. The van der Waals surface area contributed by atoms with Crippen LogP contribution in [0.4, 0.5) is 0 Å². The second-order valence-corrected chi connectivity index (χ2v) is 10.4. The normalized spacial score (nSPS) is 13.1. The van der Waals surface area contributed by atoms with Crippen LogP contribution >= 0.6 is 0 Å². The van der Waals surface area contributed by atoms with Crippen LogP contribution in [0.5, 0.6) is 0 Å². The van der Waals surface area contributed by atoms with Crippen LogP contribution in [0.3, 0.4) is 0 Å². The Kier molecular flexibility index (Phi) is 20.1. The van der Waals surface area contributed by atoms with Gasteiger partial charge in [-0.3, -0.25) is 4.18 Å². The van der Waals surface area contributed by atoms with E-state index >= 15 is 0 Å². The van der Waals surface area contributed by atoms with Gasteiger partial charge in [0.05, 0.1) is 12.9 Å². The summed E-state index contributed by atoms with van der Waals surface area (Å²) >= 11 is 0. The molecule has 0 aromatic heterocycles. The van der Waals surface area contributed by atoms with Crippen LogP contribution in [0, 0.1) is 5.92 Å². The highest BCUT2D eigenvalue weighted by atomic mass is 32.2. The van der Waals surface area contributed by atoms with Crippen molar-refractivity contribution < 1.29 is 12.6 Å². The molecule has 0 spiro atoms. The topological polar surface area (TPSA) is 43.4 Å². The molecule has 0 saturated heterocycles. The second kappa shape index (κ2) is 20.2. The van der Waals surface area contributed by atoms with E-state index in [1.54, 1.807) is 0 Å². The highest BCUT2D eigenvalue weighted by molar-refractivity contribution is 7.85. The fraction of sp³-hybridized carbons (Fsp3) is 1.00. The first-order chi connectivity index (χ1) is 13.5. The van der Waals surface area contributed by atoms with Crippen LogP contribution < -0.4 is 0 Å². The summed E-state index contributed by atoms with van der Waals surface area (Å²) in [4.78, 5) is 0. The summed E-state index contributed by atoms with van der Waals surface area (Å²) in [5.41, 5.74) is 0. The van der Waals surface area contributed by atoms with Crippen molar-refractivity contribution in [1.29, 1.82) is 0 Å². The van der Waals surface area contributed by atoms with Crippen LogP contribution in [0.1, 0.15) is 136 Å². The van der Waals surface area contributed by atoms with E-state index in [1.165, 1.54) is 116 Å². The first-order valence-corrected chi connectivity index (χ1v) is 14.2. The Balaban J connectivity index is 3.77. The van der Waals surface area contributed by atoms with Crippen LogP contribution in [-0.4, -0.2) is 21.3 Å². The second-order valence-electron chi connectivity index (χ2n) is 8.71.